The summed E-state index contributed by atoms with van der Waals surface area (Å²) in [4.78, 5) is 4.68. The van der Waals surface area contributed by atoms with Crippen LogP contribution >= 0.6 is 24.0 Å². The van der Waals surface area contributed by atoms with E-state index in [-0.39, 0.29) is 24.0 Å². The molecule has 5 nitrogen and oxygen atoms in total. The first kappa shape index (κ1) is 23.9. The maximum absolute atomic E-state index is 5.46. The third-order valence-corrected chi connectivity index (χ3v) is 4.30. The van der Waals surface area contributed by atoms with E-state index in [0.717, 1.165) is 51.0 Å². The highest BCUT2D eigenvalue weighted by atomic mass is 127. The van der Waals surface area contributed by atoms with E-state index < -0.39 is 0 Å². The van der Waals surface area contributed by atoms with Gasteiger partial charge in [0.05, 0.1) is 13.2 Å². The number of aliphatic imine (C=N–C) groups is 1. The van der Waals surface area contributed by atoms with Gasteiger partial charge in [-0.3, -0.25) is 4.99 Å². The third kappa shape index (κ3) is 13.2. The molecule has 0 aromatic carbocycles. The van der Waals surface area contributed by atoms with E-state index in [1.807, 2.05) is 0 Å². The summed E-state index contributed by atoms with van der Waals surface area (Å²) in [6.45, 7) is 7.08. The van der Waals surface area contributed by atoms with Crippen LogP contribution in [0.1, 0.15) is 58.3 Å². The van der Waals surface area contributed by atoms with Crippen molar-refractivity contribution in [2.45, 2.75) is 58.3 Å². The second-order valence-corrected chi connectivity index (χ2v) is 6.29. The minimum absolute atomic E-state index is 0. The topological polar surface area (TPSA) is 54.9 Å². The molecule has 0 bridgehead atoms. The number of halogens is 1. The van der Waals surface area contributed by atoms with Crippen molar-refractivity contribution in [2.24, 2.45) is 10.9 Å². The van der Waals surface area contributed by atoms with Gasteiger partial charge in [0, 0.05) is 33.4 Å². The van der Waals surface area contributed by atoms with Crippen molar-refractivity contribution < 1.29 is 9.47 Å². The average Bonchev–Trinajstić information content (AvgIpc) is 3.07. The molecule has 2 N–H and O–H groups in total. The lowest BCUT2D eigenvalue weighted by molar-refractivity contribution is 0.0689. The van der Waals surface area contributed by atoms with Crippen LogP contribution in [0, 0.1) is 5.92 Å². The standard InChI is InChI=1S/C18H37N3O2.HI/c1-3-19-18(20-12-6-7-14-23-16-15-22-2)21-13-8-11-17-9-4-5-10-17;/h17H,3-16H2,1-2H3,(H2,19,20,21);1H. The first-order valence-electron chi connectivity index (χ1n) is 9.45. The number of unbranched alkanes of at least 4 members (excludes halogenated alkanes) is 1. The van der Waals surface area contributed by atoms with Crippen LogP contribution < -0.4 is 10.6 Å². The molecule has 0 spiro atoms. The first-order valence-corrected chi connectivity index (χ1v) is 9.45. The molecule has 1 aliphatic rings. The van der Waals surface area contributed by atoms with Gasteiger partial charge >= 0.3 is 0 Å². The van der Waals surface area contributed by atoms with E-state index in [0.29, 0.717) is 13.2 Å². The summed E-state index contributed by atoms with van der Waals surface area (Å²) in [5.41, 5.74) is 0. The zero-order valence-electron chi connectivity index (χ0n) is 15.6. The van der Waals surface area contributed by atoms with Crippen molar-refractivity contribution in [1.82, 2.24) is 10.6 Å². The van der Waals surface area contributed by atoms with E-state index in [9.17, 15) is 0 Å². The molecule has 0 amide bonds. The Labute approximate surface area is 165 Å². The molecular weight excluding hydrogens is 417 g/mol. The highest BCUT2D eigenvalue weighted by Crippen LogP contribution is 2.28. The SMILES string of the molecule is CCNC(=NCCCC1CCCC1)NCCCCOCCOC.I. The van der Waals surface area contributed by atoms with Gasteiger partial charge in [0.15, 0.2) is 5.96 Å². The Balaban J connectivity index is 0.00000529. The third-order valence-electron chi connectivity index (χ3n) is 4.30. The molecule has 0 unspecified atom stereocenters. The summed E-state index contributed by atoms with van der Waals surface area (Å²) in [7, 11) is 1.70. The number of rotatable bonds is 13. The quantitative estimate of drug-likeness (QED) is 0.193. The molecule has 1 rings (SSSR count). The number of nitrogens with one attached hydrogen (secondary N) is 2. The summed E-state index contributed by atoms with van der Waals surface area (Å²) in [5, 5.41) is 6.73. The highest BCUT2D eigenvalue weighted by molar-refractivity contribution is 14.0. The molecule has 1 aliphatic carbocycles. The van der Waals surface area contributed by atoms with Crippen LogP contribution in [0.15, 0.2) is 4.99 Å². The van der Waals surface area contributed by atoms with E-state index in [1.54, 1.807) is 7.11 Å². The summed E-state index contributed by atoms with van der Waals surface area (Å²) < 4.78 is 10.4. The van der Waals surface area contributed by atoms with Crippen LogP contribution in [-0.4, -0.2) is 52.5 Å². The van der Waals surface area contributed by atoms with Gasteiger partial charge in [0.2, 0.25) is 0 Å². The largest absolute Gasteiger partial charge is 0.382 e. The Hall–Kier alpha value is -0.0800. The van der Waals surface area contributed by atoms with E-state index in [4.69, 9.17) is 9.47 Å². The van der Waals surface area contributed by atoms with Crippen LogP contribution in [-0.2, 0) is 9.47 Å². The lowest BCUT2D eigenvalue weighted by atomic mass is 10.0. The van der Waals surface area contributed by atoms with Crippen molar-refractivity contribution in [2.75, 3.05) is 46.6 Å². The molecule has 6 heteroatoms. The molecule has 0 aromatic heterocycles. The number of nitrogens with zero attached hydrogens (tertiary/aromatic N) is 1. The molecule has 0 saturated heterocycles. The number of hydrogen-bond donors (Lipinski definition) is 2. The molecule has 0 aliphatic heterocycles. The Morgan fingerprint density at radius 1 is 1.04 bits per heavy atom. The number of methoxy groups -OCH3 is 1. The Morgan fingerprint density at radius 3 is 2.54 bits per heavy atom. The molecule has 24 heavy (non-hydrogen) atoms. The Morgan fingerprint density at radius 2 is 1.83 bits per heavy atom. The second kappa shape index (κ2) is 17.7. The van der Waals surface area contributed by atoms with Crippen LogP contribution in [0.3, 0.4) is 0 Å². The molecule has 0 radical (unpaired) electrons. The maximum atomic E-state index is 5.46. The van der Waals surface area contributed by atoms with E-state index in [2.05, 4.69) is 22.5 Å². The van der Waals surface area contributed by atoms with Crippen molar-refractivity contribution >= 4 is 29.9 Å². The molecule has 144 valence electrons. The second-order valence-electron chi connectivity index (χ2n) is 6.29. The smallest absolute Gasteiger partial charge is 0.191 e. The van der Waals surface area contributed by atoms with Crippen molar-refractivity contribution in [3.8, 4) is 0 Å². The normalized spacial score (nSPS) is 15.3. The van der Waals surface area contributed by atoms with Crippen LogP contribution in [0.5, 0.6) is 0 Å². The molecule has 1 saturated carbocycles. The van der Waals surface area contributed by atoms with E-state index >= 15 is 0 Å². The summed E-state index contributed by atoms with van der Waals surface area (Å²) in [5.74, 6) is 1.93. The van der Waals surface area contributed by atoms with Gasteiger partial charge in [-0.15, -0.1) is 24.0 Å². The Kier molecular flexibility index (Phi) is 17.7. The van der Waals surface area contributed by atoms with Gasteiger partial charge in [-0.05, 0) is 38.5 Å². The van der Waals surface area contributed by atoms with E-state index in [1.165, 1.54) is 38.5 Å². The van der Waals surface area contributed by atoms with Gasteiger partial charge in [-0.25, -0.2) is 0 Å². The van der Waals surface area contributed by atoms with Gasteiger partial charge in [0.1, 0.15) is 0 Å². The summed E-state index contributed by atoms with van der Waals surface area (Å²) >= 11 is 0. The maximum Gasteiger partial charge on any atom is 0.191 e. The molecule has 0 atom stereocenters. The monoisotopic (exact) mass is 455 g/mol. The zero-order chi connectivity index (χ0) is 16.6. The van der Waals surface area contributed by atoms with Gasteiger partial charge in [-0.2, -0.15) is 0 Å². The number of hydrogen-bond acceptors (Lipinski definition) is 3. The average molecular weight is 455 g/mol. The molecular formula is C18H38IN3O2. The molecule has 0 heterocycles. The van der Waals surface area contributed by atoms with Gasteiger partial charge < -0.3 is 20.1 Å². The minimum Gasteiger partial charge on any atom is -0.382 e. The van der Waals surface area contributed by atoms with Crippen LogP contribution in [0.2, 0.25) is 0 Å². The number of guanidine groups is 1. The first-order chi connectivity index (χ1) is 11.4. The summed E-state index contributed by atoms with van der Waals surface area (Å²) in [6, 6.07) is 0. The van der Waals surface area contributed by atoms with Crippen molar-refractivity contribution in [3.63, 3.8) is 0 Å². The highest BCUT2D eigenvalue weighted by Gasteiger charge is 2.13. The van der Waals surface area contributed by atoms with Crippen molar-refractivity contribution in [1.29, 1.82) is 0 Å². The van der Waals surface area contributed by atoms with Crippen LogP contribution in [0.4, 0.5) is 0 Å². The Bertz CT molecular complexity index is 298. The van der Waals surface area contributed by atoms with Crippen LogP contribution in [0.25, 0.3) is 0 Å². The number of ether oxygens (including phenoxy) is 2. The zero-order valence-corrected chi connectivity index (χ0v) is 18.0. The van der Waals surface area contributed by atoms with Gasteiger partial charge in [0.25, 0.3) is 0 Å². The lowest BCUT2D eigenvalue weighted by Crippen LogP contribution is -2.38. The fraction of sp³-hybridized carbons (Fsp3) is 0.944. The predicted octanol–water partition coefficient (Wildman–Crippen LogP) is 3.57. The molecule has 1 fully saturated rings. The fourth-order valence-corrected chi connectivity index (χ4v) is 2.99. The lowest BCUT2D eigenvalue weighted by Gasteiger charge is -2.12. The van der Waals surface area contributed by atoms with Gasteiger partial charge in [-0.1, -0.05) is 25.7 Å². The van der Waals surface area contributed by atoms with Crippen molar-refractivity contribution in [3.05, 3.63) is 0 Å². The predicted molar refractivity (Wildman–Crippen MR) is 113 cm³/mol. The fourth-order valence-electron chi connectivity index (χ4n) is 2.99. The molecule has 0 aromatic rings. The minimum atomic E-state index is 0. The summed E-state index contributed by atoms with van der Waals surface area (Å²) in [6.07, 6.45) is 10.5.